The average molecular weight is 280 g/mol. The number of hydrogen-bond donors (Lipinski definition) is 1. The molecule has 2 heterocycles. The predicted octanol–water partition coefficient (Wildman–Crippen LogP) is 1.02. The first-order valence-corrected chi connectivity index (χ1v) is 7.74. The fraction of sp³-hybridized carbons (Fsp3) is 0.800. The van der Waals surface area contributed by atoms with E-state index in [1.807, 2.05) is 0 Å². The minimum Gasteiger partial charge on any atom is -0.395 e. The predicted molar refractivity (Wildman–Crippen MR) is 80.8 cm³/mol. The molecular formula is C15H28N4O. The molecule has 0 amide bonds. The number of rotatable bonds is 6. The minimum atomic E-state index is 0.266. The summed E-state index contributed by atoms with van der Waals surface area (Å²) in [7, 11) is 0. The Bertz CT molecular complexity index is 422. The van der Waals surface area contributed by atoms with Crippen molar-refractivity contribution in [2.24, 2.45) is 0 Å². The Labute approximate surface area is 122 Å². The fourth-order valence-corrected chi connectivity index (χ4v) is 2.93. The molecule has 0 unspecified atom stereocenters. The summed E-state index contributed by atoms with van der Waals surface area (Å²) in [5.74, 6) is 0. The summed E-state index contributed by atoms with van der Waals surface area (Å²) in [6.07, 6.45) is 1.13. The third-order valence-electron chi connectivity index (χ3n) is 4.23. The highest BCUT2D eigenvalue weighted by Gasteiger charge is 2.19. The Hall–Kier alpha value is -0.910. The van der Waals surface area contributed by atoms with E-state index in [4.69, 9.17) is 5.11 Å². The van der Waals surface area contributed by atoms with Crippen LogP contribution in [0, 0.1) is 13.8 Å². The monoisotopic (exact) mass is 280 g/mol. The lowest BCUT2D eigenvalue weighted by Crippen LogP contribution is -2.46. The molecular weight excluding hydrogens is 252 g/mol. The van der Waals surface area contributed by atoms with Crippen LogP contribution in [0.5, 0.6) is 0 Å². The van der Waals surface area contributed by atoms with Crippen LogP contribution in [0.1, 0.15) is 30.3 Å². The number of aryl methyl sites for hydroxylation is 2. The molecule has 0 bridgehead atoms. The van der Waals surface area contributed by atoms with Crippen molar-refractivity contribution in [3.63, 3.8) is 0 Å². The number of piperazine rings is 1. The Morgan fingerprint density at radius 2 is 1.70 bits per heavy atom. The minimum absolute atomic E-state index is 0.266. The lowest BCUT2D eigenvalue weighted by Gasteiger charge is -2.34. The van der Waals surface area contributed by atoms with Crippen molar-refractivity contribution in [1.82, 2.24) is 19.6 Å². The maximum absolute atomic E-state index is 8.98. The topological polar surface area (TPSA) is 44.5 Å². The Morgan fingerprint density at radius 1 is 1.05 bits per heavy atom. The second-order valence-electron chi connectivity index (χ2n) is 5.71. The zero-order valence-electron chi connectivity index (χ0n) is 13.1. The molecule has 0 aromatic carbocycles. The van der Waals surface area contributed by atoms with Gasteiger partial charge in [0.1, 0.15) is 0 Å². The molecule has 1 aliphatic heterocycles. The summed E-state index contributed by atoms with van der Waals surface area (Å²) < 4.78 is 2.15. The van der Waals surface area contributed by atoms with Gasteiger partial charge in [0.2, 0.25) is 0 Å². The van der Waals surface area contributed by atoms with Crippen molar-refractivity contribution in [2.75, 3.05) is 39.3 Å². The van der Waals surface area contributed by atoms with Gasteiger partial charge < -0.3 is 5.11 Å². The van der Waals surface area contributed by atoms with E-state index in [2.05, 4.69) is 40.4 Å². The third-order valence-corrected chi connectivity index (χ3v) is 4.23. The molecule has 20 heavy (non-hydrogen) atoms. The maximum Gasteiger partial charge on any atom is 0.0641 e. The van der Waals surface area contributed by atoms with Crippen molar-refractivity contribution in [1.29, 1.82) is 0 Å². The average Bonchev–Trinajstić information content (AvgIpc) is 2.69. The molecule has 0 radical (unpaired) electrons. The summed E-state index contributed by atoms with van der Waals surface area (Å²) in [4.78, 5) is 4.83. The molecule has 1 aliphatic rings. The highest BCUT2D eigenvalue weighted by Crippen LogP contribution is 2.17. The Kier molecular flexibility index (Phi) is 5.57. The smallest absolute Gasteiger partial charge is 0.0641 e. The summed E-state index contributed by atoms with van der Waals surface area (Å²) in [6.45, 7) is 13.9. The molecule has 1 N–H and O–H groups in total. The highest BCUT2D eigenvalue weighted by atomic mass is 16.3. The molecule has 0 atom stereocenters. The van der Waals surface area contributed by atoms with Crippen LogP contribution >= 0.6 is 0 Å². The molecule has 0 spiro atoms. The molecule has 114 valence electrons. The van der Waals surface area contributed by atoms with E-state index in [0.717, 1.165) is 52.2 Å². The van der Waals surface area contributed by atoms with E-state index < -0.39 is 0 Å². The quantitative estimate of drug-likeness (QED) is 0.845. The zero-order chi connectivity index (χ0) is 14.5. The van der Waals surface area contributed by atoms with Crippen LogP contribution in [-0.4, -0.2) is 64.0 Å². The van der Waals surface area contributed by atoms with Crippen molar-refractivity contribution in [3.05, 3.63) is 17.0 Å². The van der Waals surface area contributed by atoms with E-state index >= 15 is 0 Å². The van der Waals surface area contributed by atoms with Gasteiger partial charge in [-0.2, -0.15) is 5.10 Å². The lowest BCUT2D eigenvalue weighted by atomic mass is 10.1. The number of aliphatic hydroxyl groups is 1. The number of aromatic nitrogens is 2. The van der Waals surface area contributed by atoms with Crippen LogP contribution in [0.25, 0.3) is 0 Å². The molecule has 0 aliphatic carbocycles. The van der Waals surface area contributed by atoms with Crippen LogP contribution in [0.4, 0.5) is 0 Å². The Balaban J connectivity index is 1.94. The molecule has 5 nitrogen and oxygen atoms in total. The molecule has 1 aromatic rings. The standard InChI is InChI=1S/C15H28N4O/c1-4-5-19-14(3)15(13(2)16-19)12-18-8-6-17(7-9-18)10-11-20/h20H,4-12H2,1-3H3. The molecule has 0 saturated carbocycles. The van der Waals surface area contributed by atoms with E-state index in [1.54, 1.807) is 0 Å². The highest BCUT2D eigenvalue weighted by molar-refractivity contribution is 5.24. The number of β-amino-alcohol motifs (C(OH)–C–C–N with tert-alkyl or cyclic N) is 1. The number of nitrogens with zero attached hydrogens (tertiary/aromatic N) is 4. The molecule has 1 fully saturated rings. The largest absolute Gasteiger partial charge is 0.395 e. The van der Waals surface area contributed by atoms with Gasteiger partial charge in [-0.15, -0.1) is 0 Å². The summed E-state index contributed by atoms with van der Waals surface area (Å²) in [5, 5.41) is 13.6. The molecule has 1 aromatic heterocycles. The maximum atomic E-state index is 8.98. The van der Waals surface area contributed by atoms with Gasteiger partial charge in [-0.1, -0.05) is 6.92 Å². The summed E-state index contributed by atoms with van der Waals surface area (Å²) in [5.41, 5.74) is 3.89. The number of hydrogen-bond acceptors (Lipinski definition) is 4. The van der Waals surface area contributed by atoms with E-state index in [9.17, 15) is 0 Å². The van der Waals surface area contributed by atoms with Crippen LogP contribution < -0.4 is 0 Å². The van der Waals surface area contributed by atoms with Gasteiger partial charge >= 0.3 is 0 Å². The Morgan fingerprint density at radius 3 is 2.30 bits per heavy atom. The summed E-state index contributed by atoms with van der Waals surface area (Å²) >= 11 is 0. The van der Waals surface area contributed by atoms with Crippen molar-refractivity contribution in [3.8, 4) is 0 Å². The van der Waals surface area contributed by atoms with E-state index in [-0.39, 0.29) is 6.61 Å². The van der Waals surface area contributed by atoms with Crippen LogP contribution in [-0.2, 0) is 13.1 Å². The second-order valence-corrected chi connectivity index (χ2v) is 5.71. The first kappa shape index (κ1) is 15.5. The van der Waals surface area contributed by atoms with Crippen LogP contribution in [0.15, 0.2) is 0 Å². The van der Waals surface area contributed by atoms with Crippen molar-refractivity contribution < 1.29 is 5.11 Å². The second kappa shape index (κ2) is 7.20. The normalized spacial score (nSPS) is 17.8. The van der Waals surface area contributed by atoms with Gasteiger partial charge in [0.15, 0.2) is 0 Å². The van der Waals surface area contributed by atoms with Crippen molar-refractivity contribution in [2.45, 2.75) is 40.3 Å². The fourth-order valence-electron chi connectivity index (χ4n) is 2.93. The molecule has 2 rings (SSSR count). The van der Waals surface area contributed by atoms with Gasteiger partial charge in [0.05, 0.1) is 12.3 Å². The lowest BCUT2D eigenvalue weighted by molar-refractivity contribution is 0.108. The van der Waals surface area contributed by atoms with Crippen LogP contribution in [0.3, 0.4) is 0 Å². The van der Waals surface area contributed by atoms with Gasteiger partial charge in [0.25, 0.3) is 0 Å². The third kappa shape index (κ3) is 3.59. The SMILES string of the molecule is CCCn1nc(C)c(CN2CCN(CCO)CC2)c1C. The van der Waals surface area contributed by atoms with Gasteiger partial charge in [-0.3, -0.25) is 14.5 Å². The molecule has 1 saturated heterocycles. The first-order valence-electron chi connectivity index (χ1n) is 7.74. The van der Waals surface area contributed by atoms with E-state index in [0.29, 0.717) is 0 Å². The van der Waals surface area contributed by atoms with Gasteiger partial charge in [-0.05, 0) is 20.3 Å². The van der Waals surface area contributed by atoms with E-state index in [1.165, 1.54) is 17.0 Å². The zero-order valence-corrected chi connectivity index (χ0v) is 13.1. The number of aliphatic hydroxyl groups excluding tert-OH is 1. The summed E-state index contributed by atoms with van der Waals surface area (Å²) in [6, 6.07) is 0. The van der Waals surface area contributed by atoms with Gasteiger partial charge in [-0.25, -0.2) is 0 Å². The first-order chi connectivity index (χ1) is 9.65. The van der Waals surface area contributed by atoms with Crippen LogP contribution in [0.2, 0.25) is 0 Å². The molecule has 5 heteroatoms. The van der Waals surface area contributed by atoms with Crippen molar-refractivity contribution >= 4 is 0 Å². The van der Waals surface area contributed by atoms with Gasteiger partial charge in [0, 0.05) is 57.1 Å².